The van der Waals surface area contributed by atoms with E-state index in [1.807, 2.05) is 55.3 Å². The molecule has 5 nitrogen and oxygen atoms in total. The van der Waals surface area contributed by atoms with Crippen molar-refractivity contribution in [2.75, 3.05) is 0 Å². The molecule has 0 bridgehead atoms. The Hall–Kier alpha value is -2.14. The van der Waals surface area contributed by atoms with E-state index in [1.165, 1.54) is 5.69 Å². The largest absolute Gasteiger partial charge is 0.337 e. The van der Waals surface area contributed by atoms with Crippen molar-refractivity contribution in [2.24, 2.45) is 7.05 Å². The fourth-order valence-corrected chi connectivity index (χ4v) is 2.24. The van der Waals surface area contributed by atoms with Crippen LogP contribution in [-0.4, -0.2) is 18.9 Å². The first-order chi connectivity index (χ1) is 9.25. The van der Waals surface area contributed by atoms with Crippen LogP contribution in [0.25, 0.3) is 5.65 Å². The summed E-state index contributed by atoms with van der Waals surface area (Å²) >= 11 is 0. The van der Waals surface area contributed by atoms with Gasteiger partial charge in [-0.15, -0.1) is 0 Å². The van der Waals surface area contributed by atoms with E-state index in [1.54, 1.807) is 0 Å². The van der Waals surface area contributed by atoms with E-state index in [9.17, 15) is 0 Å². The van der Waals surface area contributed by atoms with Crippen molar-refractivity contribution >= 4 is 5.65 Å². The van der Waals surface area contributed by atoms with Crippen molar-refractivity contribution in [1.29, 1.82) is 0 Å². The molecule has 0 saturated carbocycles. The van der Waals surface area contributed by atoms with Crippen molar-refractivity contribution in [3.8, 4) is 0 Å². The Morgan fingerprint density at radius 1 is 1.21 bits per heavy atom. The van der Waals surface area contributed by atoms with Gasteiger partial charge in [0.15, 0.2) is 0 Å². The molecule has 3 heterocycles. The van der Waals surface area contributed by atoms with Gasteiger partial charge in [0.25, 0.3) is 0 Å². The third-order valence-corrected chi connectivity index (χ3v) is 3.33. The van der Waals surface area contributed by atoms with E-state index in [2.05, 4.69) is 19.7 Å². The SMILES string of the molecule is Cc1nc2ccccn2c1CNCc1nccn1C. The Morgan fingerprint density at radius 3 is 2.89 bits per heavy atom. The van der Waals surface area contributed by atoms with Gasteiger partial charge >= 0.3 is 0 Å². The maximum atomic E-state index is 4.55. The Labute approximate surface area is 111 Å². The highest BCUT2D eigenvalue weighted by Gasteiger charge is 2.07. The molecule has 3 rings (SSSR count). The lowest BCUT2D eigenvalue weighted by Crippen LogP contribution is -2.17. The molecule has 0 aliphatic carbocycles. The fraction of sp³-hybridized carbons (Fsp3) is 0.286. The summed E-state index contributed by atoms with van der Waals surface area (Å²) in [6.45, 7) is 3.58. The first-order valence-corrected chi connectivity index (χ1v) is 6.35. The minimum absolute atomic E-state index is 0.753. The molecule has 5 heteroatoms. The van der Waals surface area contributed by atoms with E-state index in [0.29, 0.717) is 0 Å². The third kappa shape index (κ3) is 2.24. The summed E-state index contributed by atoms with van der Waals surface area (Å²) in [6, 6.07) is 6.05. The molecule has 3 aromatic rings. The molecule has 0 aliphatic heterocycles. The van der Waals surface area contributed by atoms with Gasteiger partial charge < -0.3 is 14.3 Å². The lowest BCUT2D eigenvalue weighted by atomic mass is 10.3. The number of hydrogen-bond acceptors (Lipinski definition) is 3. The zero-order valence-corrected chi connectivity index (χ0v) is 11.2. The normalized spacial score (nSPS) is 11.3. The van der Waals surface area contributed by atoms with Crippen molar-refractivity contribution in [2.45, 2.75) is 20.0 Å². The summed E-state index contributed by atoms with van der Waals surface area (Å²) in [4.78, 5) is 8.85. The molecule has 0 spiro atoms. The Morgan fingerprint density at radius 2 is 2.11 bits per heavy atom. The van der Waals surface area contributed by atoms with Crippen LogP contribution in [0.4, 0.5) is 0 Å². The summed E-state index contributed by atoms with van der Waals surface area (Å²) in [7, 11) is 2.00. The second kappa shape index (κ2) is 4.85. The molecule has 0 atom stereocenters. The molecule has 1 N–H and O–H groups in total. The summed E-state index contributed by atoms with van der Waals surface area (Å²) in [5.41, 5.74) is 3.26. The first-order valence-electron chi connectivity index (χ1n) is 6.35. The van der Waals surface area contributed by atoms with Crippen LogP contribution in [0.2, 0.25) is 0 Å². The maximum Gasteiger partial charge on any atom is 0.137 e. The van der Waals surface area contributed by atoms with Crippen LogP contribution in [-0.2, 0) is 20.1 Å². The molecule has 0 aromatic carbocycles. The highest BCUT2D eigenvalue weighted by molar-refractivity contribution is 5.42. The molecule has 19 heavy (non-hydrogen) atoms. The second-order valence-corrected chi connectivity index (χ2v) is 4.63. The quantitative estimate of drug-likeness (QED) is 0.771. The number of hydrogen-bond donors (Lipinski definition) is 1. The molecule has 0 amide bonds. The summed E-state index contributed by atoms with van der Waals surface area (Å²) in [5, 5.41) is 3.42. The number of nitrogens with one attached hydrogen (secondary N) is 1. The van der Waals surface area contributed by atoms with Gasteiger partial charge in [-0.2, -0.15) is 0 Å². The summed E-state index contributed by atoms with van der Waals surface area (Å²) < 4.78 is 4.15. The molecule has 0 saturated heterocycles. The van der Waals surface area contributed by atoms with Gasteiger partial charge in [-0.25, -0.2) is 9.97 Å². The van der Waals surface area contributed by atoms with Crippen LogP contribution in [0.15, 0.2) is 36.8 Å². The van der Waals surface area contributed by atoms with E-state index in [0.717, 1.165) is 30.3 Å². The van der Waals surface area contributed by atoms with E-state index in [4.69, 9.17) is 0 Å². The molecule has 0 unspecified atom stereocenters. The van der Waals surface area contributed by atoms with Gasteiger partial charge in [0.05, 0.1) is 17.9 Å². The number of imidazole rings is 2. The average Bonchev–Trinajstić information content (AvgIpc) is 2.94. The first kappa shape index (κ1) is 11.9. The third-order valence-electron chi connectivity index (χ3n) is 3.33. The van der Waals surface area contributed by atoms with Gasteiger partial charge in [0.2, 0.25) is 0 Å². The van der Waals surface area contributed by atoms with E-state index in [-0.39, 0.29) is 0 Å². The van der Waals surface area contributed by atoms with E-state index >= 15 is 0 Å². The van der Waals surface area contributed by atoms with Gasteiger partial charge in [-0.1, -0.05) is 6.07 Å². The zero-order valence-electron chi connectivity index (χ0n) is 11.2. The number of rotatable bonds is 4. The number of aromatic nitrogens is 4. The molecular weight excluding hydrogens is 238 g/mol. The van der Waals surface area contributed by atoms with E-state index < -0.39 is 0 Å². The van der Waals surface area contributed by atoms with Crippen LogP contribution in [0, 0.1) is 6.92 Å². The van der Waals surface area contributed by atoms with Gasteiger partial charge in [-0.05, 0) is 19.1 Å². The smallest absolute Gasteiger partial charge is 0.137 e. The molecule has 3 aromatic heterocycles. The predicted molar refractivity (Wildman–Crippen MR) is 73.7 cm³/mol. The summed E-state index contributed by atoms with van der Waals surface area (Å²) in [6.07, 6.45) is 5.82. The number of nitrogens with zero attached hydrogens (tertiary/aromatic N) is 4. The fourth-order valence-electron chi connectivity index (χ4n) is 2.24. The highest BCUT2D eigenvalue weighted by Crippen LogP contribution is 2.11. The van der Waals surface area contributed by atoms with Crippen LogP contribution in [0.1, 0.15) is 17.2 Å². The monoisotopic (exact) mass is 255 g/mol. The highest BCUT2D eigenvalue weighted by atomic mass is 15.1. The Kier molecular flexibility index (Phi) is 3.05. The minimum atomic E-state index is 0.753. The van der Waals surface area contributed by atoms with Crippen molar-refractivity contribution < 1.29 is 0 Å². The van der Waals surface area contributed by atoms with Gasteiger partial charge in [-0.3, -0.25) is 0 Å². The van der Waals surface area contributed by atoms with Gasteiger partial charge in [0, 0.05) is 32.2 Å². The predicted octanol–water partition coefficient (Wildman–Crippen LogP) is 1.67. The van der Waals surface area contributed by atoms with Crippen LogP contribution in [0.5, 0.6) is 0 Å². The summed E-state index contributed by atoms with van der Waals surface area (Å²) in [5.74, 6) is 1.03. The minimum Gasteiger partial charge on any atom is -0.337 e. The molecule has 0 fully saturated rings. The number of aryl methyl sites for hydroxylation is 2. The topological polar surface area (TPSA) is 47.1 Å². The number of fused-ring (bicyclic) bond motifs is 1. The maximum absolute atomic E-state index is 4.55. The van der Waals surface area contributed by atoms with Gasteiger partial charge in [0.1, 0.15) is 11.5 Å². The van der Waals surface area contributed by atoms with Crippen molar-refractivity contribution in [1.82, 2.24) is 24.3 Å². The lowest BCUT2D eigenvalue weighted by molar-refractivity contribution is 0.626. The lowest BCUT2D eigenvalue weighted by Gasteiger charge is -2.06. The Bertz CT molecular complexity index is 695. The van der Waals surface area contributed by atoms with Crippen LogP contribution in [0.3, 0.4) is 0 Å². The average molecular weight is 255 g/mol. The molecule has 0 aliphatic rings. The van der Waals surface area contributed by atoms with Crippen LogP contribution >= 0.6 is 0 Å². The standard InChI is InChI=1S/C14H17N5/c1-11-12(19-7-4-3-5-13(19)17-11)9-15-10-14-16-6-8-18(14)2/h3-8,15H,9-10H2,1-2H3. The van der Waals surface area contributed by atoms with Crippen LogP contribution < -0.4 is 5.32 Å². The van der Waals surface area contributed by atoms with Crippen molar-refractivity contribution in [3.05, 3.63) is 54.0 Å². The Balaban J connectivity index is 1.75. The molecule has 98 valence electrons. The number of pyridine rings is 1. The van der Waals surface area contributed by atoms with Crippen molar-refractivity contribution in [3.63, 3.8) is 0 Å². The second-order valence-electron chi connectivity index (χ2n) is 4.63. The zero-order chi connectivity index (χ0) is 13.2. The molecular formula is C14H17N5. The molecule has 0 radical (unpaired) electrons.